The SMILES string of the molecule is CCNC(=NCCC(C)c1ccc(OC)cc1)N1CCCC1.I. The number of nitrogens with zero attached hydrogens (tertiary/aromatic N) is 2. The van der Waals surface area contributed by atoms with E-state index in [-0.39, 0.29) is 24.0 Å². The van der Waals surface area contributed by atoms with Gasteiger partial charge in [-0.2, -0.15) is 0 Å². The number of hydrogen-bond donors (Lipinski definition) is 1. The number of hydrogen-bond acceptors (Lipinski definition) is 2. The lowest BCUT2D eigenvalue weighted by molar-refractivity contribution is 0.414. The van der Waals surface area contributed by atoms with Crippen LogP contribution < -0.4 is 10.1 Å². The van der Waals surface area contributed by atoms with E-state index >= 15 is 0 Å². The molecule has 0 saturated carbocycles. The molecule has 1 aliphatic rings. The van der Waals surface area contributed by atoms with Crippen molar-refractivity contribution in [3.05, 3.63) is 29.8 Å². The zero-order valence-corrected chi connectivity index (χ0v) is 16.9. The van der Waals surface area contributed by atoms with E-state index < -0.39 is 0 Å². The van der Waals surface area contributed by atoms with Crippen molar-refractivity contribution in [1.29, 1.82) is 0 Å². The minimum Gasteiger partial charge on any atom is -0.497 e. The van der Waals surface area contributed by atoms with Crippen LogP contribution in [0.4, 0.5) is 0 Å². The van der Waals surface area contributed by atoms with Crippen LogP contribution in [0.25, 0.3) is 0 Å². The topological polar surface area (TPSA) is 36.9 Å². The molecule has 0 aromatic heterocycles. The van der Waals surface area contributed by atoms with E-state index in [1.165, 1.54) is 18.4 Å². The molecule has 1 aliphatic heterocycles. The van der Waals surface area contributed by atoms with Crippen LogP contribution in [0.5, 0.6) is 5.75 Å². The van der Waals surface area contributed by atoms with E-state index in [1.807, 2.05) is 12.1 Å². The number of methoxy groups -OCH3 is 1. The molecule has 0 radical (unpaired) electrons. The molecule has 1 aromatic rings. The van der Waals surface area contributed by atoms with Gasteiger partial charge in [-0.1, -0.05) is 19.1 Å². The van der Waals surface area contributed by atoms with E-state index in [4.69, 9.17) is 9.73 Å². The molecule has 2 rings (SSSR count). The quantitative estimate of drug-likeness (QED) is 0.422. The second-order valence-electron chi connectivity index (χ2n) is 5.89. The van der Waals surface area contributed by atoms with Crippen molar-refractivity contribution < 1.29 is 4.74 Å². The normalized spacial score (nSPS) is 16.0. The third kappa shape index (κ3) is 6.20. The Morgan fingerprint density at radius 1 is 1.26 bits per heavy atom. The molecule has 0 amide bonds. The highest BCUT2D eigenvalue weighted by Gasteiger charge is 2.15. The van der Waals surface area contributed by atoms with Crippen LogP contribution in [0, 0.1) is 0 Å². The van der Waals surface area contributed by atoms with Gasteiger partial charge < -0.3 is 15.0 Å². The van der Waals surface area contributed by atoms with Gasteiger partial charge in [0.25, 0.3) is 0 Å². The molecule has 1 aromatic carbocycles. The molecular weight excluding hydrogens is 401 g/mol. The van der Waals surface area contributed by atoms with Crippen LogP contribution in [-0.2, 0) is 0 Å². The van der Waals surface area contributed by atoms with E-state index in [0.29, 0.717) is 5.92 Å². The van der Waals surface area contributed by atoms with Crippen molar-refractivity contribution in [3.8, 4) is 5.75 Å². The molecule has 23 heavy (non-hydrogen) atoms. The highest BCUT2D eigenvalue weighted by molar-refractivity contribution is 14.0. The number of guanidine groups is 1. The molecule has 130 valence electrons. The monoisotopic (exact) mass is 431 g/mol. The lowest BCUT2D eigenvalue weighted by atomic mass is 9.98. The third-order valence-electron chi connectivity index (χ3n) is 4.25. The largest absolute Gasteiger partial charge is 0.497 e. The summed E-state index contributed by atoms with van der Waals surface area (Å²) in [5.41, 5.74) is 1.35. The van der Waals surface area contributed by atoms with Gasteiger partial charge in [0.15, 0.2) is 5.96 Å². The summed E-state index contributed by atoms with van der Waals surface area (Å²) in [4.78, 5) is 7.18. The van der Waals surface area contributed by atoms with E-state index in [0.717, 1.165) is 44.3 Å². The number of aliphatic imine (C=N–C) groups is 1. The van der Waals surface area contributed by atoms with Crippen molar-refractivity contribution in [2.24, 2.45) is 4.99 Å². The molecule has 1 N–H and O–H groups in total. The van der Waals surface area contributed by atoms with Crippen LogP contribution in [-0.4, -0.2) is 44.1 Å². The summed E-state index contributed by atoms with van der Waals surface area (Å²) in [6.45, 7) is 8.47. The van der Waals surface area contributed by atoms with Gasteiger partial charge in [-0.15, -0.1) is 24.0 Å². The number of rotatable bonds is 6. The van der Waals surface area contributed by atoms with E-state index in [2.05, 4.69) is 36.2 Å². The Balaban J connectivity index is 0.00000264. The second-order valence-corrected chi connectivity index (χ2v) is 5.89. The molecule has 0 spiro atoms. The first-order valence-corrected chi connectivity index (χ1v) is 8.41. The molecule has 1 unspecified atom stereocenters. The van der Waals surface area contributed by atoms with Gasteiger partial charge in [0.2, 0.25) is 0 Å². The molecular formula is C18H30IN3O. The predicted octanol–water partition coefficient (Wildman–Crippen LogP) is 3.87. The van der Waals surface area contributed by atoms with Crippen LogP contribution in [0.3, 0.4) is 0 Å². The highest BCUT2D eigenvalue weighted by atomic mass is 127. The fourth-order valence-corrected chi connectivity index (χ4v) is 2.82. The number of nitrogens with one attached hydrogen (secondary N) is 1. The van der Waals surface area contributed by atoms with Crippen molar-refractivity contribution in [3.63, 3.8) is 0 Å². The van der Waals surface area contributed by atoms with Gasteiger partial charge >= 0.3 is 0 Å². The molecule has 0 bridgehead atoms. The summed E-state index contributed by atoms with van der Waals surface area (Å²) in [6, 6.07) is 8.37. The third-order valence-corrected chi connectivity index (χ3v) is 4.25. The Bertz CT molecular complexity index is 470. The molecule has 1 saturated heterocycles. The van der Waals surface area contributed by atoms with Crippen LogP contribution in [0.1, 0.15) is 44.6 Å². The average Bonchev–Trinajstić information content (AvgIpc) is 3.08. The molecule has 5 heteroatoms. The van der Waals surface area contributed by atoms with Crippen LogP contribution in [0.2, 0.25) is 0 Å². The zero-order chi connectivity index (χ0) is 15.8. The number of ether oxygens (including phenoxy) is 1. The maximum Gasteiger partial charge on any atom is 0.193 e. The van der Waals surface area contributed by atoms with Gasteiger partial charge in [-0.25, -0.2) is 0 Å². The maximum absolute atomic E-state index is 5.21. The summed E-state index contributed by atoms with van der Waals surface area (Å²) in [5.74, 6) is 2.51. The summed E-state index contributed by atoms with van der Waals surface area (Å²) in [7, 11) is 1.70. The molecule has 0 aliphatic carbocycles. The first-order chi connectivity index (χ1) is 10.7. The minimum absolute atomic E-state index is 0. The number of halogens is 1. The first kappa shape index (κ1) is 20.1. The van der Waals surface area contributed by atoms with E-state index in [9.17, 15) is 0 Å². The Hall–Kier alpha value is -0.980. The highest BCUT2D eigenvalue weighted by Crippen LogP contribution is 2.21. The first-order valence-electron chi connectivity index (χ1n) is 8.41. The van der Waals surface area contributed by atoms with Gasteiger partial charge in [0.05, 0.1) is 7.11 Å². The summed E-state index contributed by atoms with van der Waals surface area (Å²) in [5, 5.41) is 3.41. The summed E-state index contributed by atoms with van der Waals surface area (Å²) in [6.07, 6.45) is 3.63. The lowest BCUT2D eigenvalue weighted by Gasteiger charge is -2.21. The van der Waals surface area contributed by atoms with Crippen molar-refractivity contribution >= 4 is 29.9 Å². The van der Waals surface area contributed by atoms with Gasteiger partial charge in [-0.05, 0) is 49.8 Å². The van der Waals surface area contributed by atoms with Crippen molar-refractivity contribution in [2.75, 3.05) is 33.3 Å². The predicted molar refractivity (Wildman–Crippen MR) is 108 cm³/mol. The van der Waals surface area contributed by atoms with E-state index in [1.54, 1.807) is 7.11 Å². The minimum atomic E-state index is 0. The molecule has 4 nitrogen and oxygen atoms in total. The van der Waals surface area contributed by atoms with Gasteiger partial charge in [0.1, 0.15) is 5.75 Å². The Labute approximate surface area is 157 Å². The van der Waals surface area contributed by atoms with Crippen LogP contribution >= 0.6 is 24.0 Å². The average molecular weight is 431 g/mol. The maximum atomic E-state index is 5.21. The Morgan fingerprint density at radius 3 is 2.48 bits per heavy atom. The molecule has 1 heterocycles. The fraction of sp³-hybridized carbons (Fsp3) is 0.611. The number of likely N-dealkylation sites (tertiary alicyclic amines) is 1. The van der Waals surface area contributed by atoms with Crippen LogP contribution in [0.15, 0.2) is 29.3 Å². The zero-order valence-electron chi connectivity index (χ0n) is 14.5. The number of benzene rings is 1. The second kappa shape index (κ2) is 10.7. The Morgan fingerprint density at radius 2 is 1.91 bits per heavy atom. The van der Waals surface area contributed by atoms with Crippen molar-refractivity contribution in [1.82, 2.24) is 10.2 Å². The van der Waals surface area contributed by atoms with Gasteiger partial charge in [0, 0.05) is 26.2 Å². The molecule has 1 atom stereocenters. The smallest absolute Gasteiger partial charge is 0.193 e. The Kier molecular flexibility index (Phi) is 9.36. The van der Waals surface area contributed by atoms with Crippen molar-refractivity contribution in [2.45, 2.75) is 39.0 Å². The summed E-state index contributed by atoms with van der Waals surface area (Å²) < 4.78 is 5.21. The van der Waals surface area contributed by atoms with Gasteiger partial charge in [-0.3, -0.25) is 4.99 Å². The standard InChI is InChI=1S/C18H29N3O.HI/c1-4-19-18(21-13-5-6-14-21)20-12-11-15(2)16-7-9-17(22-3)10-8-16;/h7-10,15H,4-6,11-14H2,1-3H3,(H,19,20);1H. The summed E-state index contributed by atoms with van der Waals surface area (Å²) >= 11 is 0. The molecule has 1 fully saturated rings. The lowest BCUT2D eigenvalue weighted by Crippen LogP contribution is -2.39. The fourth-order valence-electron chi connectivity index (χ4n) is 2.82.